The smallest absolute Gasteiger partial charge is 0.107 e. The molecule has 3 rings (SSSR count). The van der Waals surface area contributed by atoms with Gasteiger partial charge in [-0.25, -0.2) is 0 Å². The number of benzene rings is 2. The molecule has 2 aromatic carbocycles. The Morgan fingerprint density at radius 3 is 2.68 bits per heavy atom. The summed E-state index contributed by atoms with van der Waals surface area (Å²) in [6, 6.07) is 14.2. The molecule has 0 saturated heterocycles. The minimum absolute atomic E-state index is 0.592. The van der Waals surface area contributed by atoms with Gasteiger partial charge in [0.2, 0.25) is 0 Å². The highest BCUT2D eigenvalue weighted by molar-refractivity contribution is 9.10. The average Bonchev–Trinajstić information content (AvgIpc) is 2.85. The van der Waals surface area contributed by atoms with Crippen LogP contribution in [0.15, 0.2) is 52.3 Å². The predicted molar refractivity (Wildman–Crippen MR) is 84.8 cm³/mol. The van der Waals surface area contributed by atoms with Crippen molar-refractivity contribution >= 4 is 37.4 Å². The normalized spacial score (nSPS) is 12.8. The summed E-state index contributed by atoms with van der Waals surface area (Å²) in [5, 5.41) is 13.8. The van der Waals surface area contributed by atoms with E-state index in [2.05, 4.69) is 28.1 Å². The van der Waals surface area contributed by atoms with Crippen LogP contribution >= 0.6 is 27.3 Å². The van der Waals surface area contributed by atoms with Crippen LogP contribution in [0.3, 0.4) is 0 Å². The van der Waals surface area contributed by atoms with Crippen molar-refractivity contribution in [1.82, 2.24) is 0 Å². The first-order chi connectivity index (χ1) is 9.18. The second-order valence-electron chi connectivity index (χ2n) is 4.57. The maximum absolute atomic E-state index is 10.7. The number of aliphatic hydroxyl groups excluding tert-OH is 1. The molecule has 1 atom stereocenters. The monoisotopic (exact) mass is 332 g/mol. The fourth-order valence-electron chi connectivity index (χ4n) is 2.26. The molecule has 96 valence electrons. The first kappa shape index (κ1) is 12.9. The molecule has 0 aliphatic rings. The predicted octanol–water partition coefficient (Wildman–Crippen LogP) is 5.05. The zero-order chi connectivity index (χ0) is 13.4. The van der Waals surface area contributed by atoms with E-state index >= 15 is 0 Å². The summed E-state index contributed by atoms with van der Waals surface area (Å²) in [5.74, 6) is 0. The highest BCUT2D eigenvalue weighted by Gasteiger charge is 2.17. The number of aliphatic hydroxyl groups is 1. The second-order valence-corrected chi connectivity index (χ2v) is 6.27. The van der Waals surface area contributed by atoms with Crippen LogP contribution in [0.2, 0.25) is 0 Å². The molecule has 0 radical (unpaired) electrons. The van der Waals surface area contributed by atoms with E-state index in [4.69, 9.17) is 0 Å². The quantitative estimate of drug-likeness (QED) is 0.695. The third kappa shape index (κ3) is 2.22. The lowest BCUT2D eigenvalue weighted by Gasteiger charge is -2.14. The Balaban J connectivity index is 2.13. The summed E-state index contributed by atoms with van der Waals surface area (Å²) in [6.07, 6.45) is -0.592. The number of fused-ring (bicyclic) bond motifs is 1. The van der Waals surface area contributed by atoms with Gasteiger partial charge in [-0.3, -0.25) is 0 Å². The van der Waals surface area contributed by atoms with E-state index < -0.39 is 6.10 Å². The molecule has 1 aromatic heterocycles. The van der Waals surface area contributed by atoms with Gasteiger partial charge in [0.1, 0.15) is 6.10 Å². The number of aryl methyl sites for hydroxylation is 1. The Hall–Kier alpha value is -1.16. The highest BCUT2D eigenvalue weighted by Crippen LogP contribution is 2.36. The first-order valence-electron chi connectivity index (χ1n) is 6.07. The molecule has 0 aliphatic carbocycles. The molecule has 0 spiro atoms. The van der Waals surface area contributed by atoms with E-state index in [0.717, 1.165) is 26.5 Å². The molecule has 1 heterocycles. The molecule has 1 nitrogen and oxygen atoms in total. The Kier molecular flexibility index (Phi) is 3.44. The SMILES string of the molecule is Cc1cccc(C(O)c2csc3ccccc23)c1Br. The lowest BCUT2D eigenvalue weighted by Crippen LogP contribution is -2.00. The number of thiophene rings is 1. The van der Waals surface area contributed by atoms with E-state index in [9.17, 15) is 5.11 Å². The Morgan fingerprint density at radius 2 is 1.84 bits per heavy atom. The van der Waals surface area contributed by atoms with E-state index in [0.29, 0.717) is 0 Å². The van der Waals surface area contributed by atoms with Crippen LogP contribution in [0.5, 0.6) is 0 Å². The number of hydrogen-bond acceptors (Lipinski definition) is 2. The van der Waals surface area contributed by atoms with Gasteiger partial charge in [0.05, 0.1) is 0 Å². The molecule has 0 fully saturated rings. The lowest BCUT2D eigenvalue weighted by molar-refractivity contribution is 0.221. The molecule has 3 heteroatoms. The Morgan fingerprint density at radius 1 is 1.05 bits per heavy atom. The first-order valence-corrected chi connectivity index (χ1v) is 7.75. The van der Waals surface area contributed by atoms with Crippen molar-refractivity contribution in [3.05, 3.63) is 69.0 Å². The van der Waals surface area contributed by atoms with Crippen LogP contribution in [0, 0.1) is 6.92 Å². The summed E-state index contributed by atoms with van der Waals surface area (Å²) in [5.41, 5.74) is 3.03. The van der Waals surface area contributed by atoms with Gasteiger partial charge in [0.15, 0.2) is 0 Å². The van der Waals surface area contributed by atoms with Crippen molar-refractivity contribution in [1.29, 1.82) is 0 Å². The summed E-state index contributed by atoms with van der Waals surface area (Å²) in [7, 11) is 0. The third-order valence-electron chi connectivity index (χ3n) is 3.32. The standard InChI is InChI=1S/C16H13BrOS/c1-10-5-4-7-12(15(10)17)16(18)13-9-19-14-8-3-2-6-11(13)14/h2-9,16,18H,1H3. The fraction of sp³-hybridized carbons (Fsp3) is 0.125. The van der Waals surface area contributed by atoms with Crippen LogP contribution < -0.4 is 0 Å². The highest BCUT2D eigenvalue weighted by atomic mass is 79.9. The molecule has 3 aromatic rings. The van der Waals surface area contributed by atoms with Crippen molar-refractivity contribution < 1.29 is 5.11 Å². The van der Waals surface area contributed by atoms with Gasteiger partial charge in [-0.05, 0) is 34.9 Å². The van der Waals surface area contributed by atoms with Gasteiger partial charge in [-0.15, -0.1) is 11.3 Å². The topological polar surface area (TPSA) is 20.2 Å². The van der Waals surface area contributed by atoms with Gasteiger partial charge in [0.25, 0.3) is 0 Å². The largest absolute Gasteiger partial charge is 0.384 e. The summed E-state index contributed by atoms with van der Waals surface area (Å²) >= 11 is 5.25. The minimum atomic E-state index is -0.592. The molecule has 19 heavy (non-hydrogen) atoms. The molecule has 1 unspecified atom stereocenters. The van der Waals surface area contributed by atoms with Gasteiger partial charge in [-0.1, -0.05) is 52.3 Å². The summed E-state index contributed by atoms with van der Waals surface area (Å²) in [6.45, 7) is 2.03. The molecule has 0 saturated carbocycles. The molecule has 0 bridgehead atoms. The maximum atomic E-state index is 10.7. The van der Waals surface area contributed by atoms with Crippen LogP contribution in [0.25, 0.3) is 10.1 Å². The van der Waals surface area contributed by atoms with Gasteiger partial charge >= 0.3 is 0 Å². The van der Waals surface area contributed by atoms with E-state index in [1.807, 2.05) is 42.6 Å². The molecular formula is C16H13BrOS. The van der Waals surface area contributed by atoms with E-state index in [1.165, 1.54) is 4.70 Å². The summed E-state index contributed by atoms with van der Waals surface area (Å²) in [4.78, 5) is 0. The van der Waals surface area contributed by atoms with Gasteiger partial charge in [-0.2, -0.15) is 0 Å². The van der Waals surface area contributed by atoms with Crippen molar-refractivity contribution in [3.63, 3.8) is 0 Å². The second kappa shape index (κ2) is 5.08. The van der Waals surface area contributed by atoms with E-state index in [1.54, 1.807) is 11.3 Å². The minimum Gasteiger partial charge on any atom is -0.384 e. The summed E-state index contributed by atoms with van der Waals surface area (Å²) < 4.78 is 2.19. The zero-order valence-corrected chi connectivity index (χ0v) is 12.8. The van der Waals surface area contributed by atoms with Crippen molar-refractivity contribution in [3.8, 4) is 0 Å². The van der Waals surface area contributed by atoms with Crippen molar-refractivity contribution in [2.75, 3.05) is 0 Å². The number of rotatable bonds is 2. The number of hydrogen-bond donors (Lipinski definition) is 1. The molecular weight excluding hydrogens is 320 g/mol. The van der Waals surface area contributed by atoms with Crippen LogP contribution in [0.1, 0.15) is 22.8 Å². The van der Waals surface area contributed by atoms with Gasteiger partial charge in [0, 0.05) is 14.7 Å². The van der Waals surface area contributed by atoms with Crippen molar-refractivity contribution in [2.24, 2.45) is 0 Å². The van der Waals surface area contributed by atoms with Crippen LogP contribution in [-0.4, -0.2) is 5.11 Å². The van der Waals surface area contributed by atoms with E-state index in [-0.39, 0.29) is 0 Å². The van der Waals surface area contributed by atoms with Crippen LogP contribution in [0.4, 0.5) is 0 Å². The Bertz CT molecular complexity index is 732. The lowest BCUT2D eigenvalue weighted by atomic mass is 9.99. The van der Waals surface area contributed by atoms with Crippen molar-refractivity contribution in [2.45, 2.75) is 13.0 Å². The maximum Gasteiger partial charge on any atom is 0.107 e. The molecule has 1 N–H and O–H groups in total. The zero-order valence-electron chi connectivity index (χ0n) is 10.4. The third-order valence-corrected chi connectivity index (χ3v) is 5.39. The molecule has 0 amide bonds. The van der Waals surface area contributed by atoms with Crippen LogP contribution in [-0.2, 0) is 0 Å². The fourth-order valence-corrected chi connectivity index (χ4v) is 3.72. The average molecular weight is 333 g/mol. The van der Waals surface area contributed by atoms with Gasteiger partial charge < -0.3 is 5.11 Å². The Labute approximate surface area is 124 Å². The molecule has 0 aliphatic heterocycles. The number of halogens is 1.